The maximum absolute atomic E-state index is 7.39. The number of aryl methyl sites for hydroxylation is 1. The summed E-state index contributed by atoms with van der Waals surface area (Å²) in [6.45, 7) is 20.4. The van der Waals surface area contributed by atoms with Crippen LogP contribution >= 0.6 is 0 Å². The summed E-state index contributed by atoms with van der Waals surface area (Å²) in [4.78, 5) is 9.91. The first-order valence-electron chi connectivity index (χ1n) is 35.1. The van der Waals surface area contributed by atoms with Crippen LogP contribution in [0.1, 0.15) is 82.6 Å². The Morgan fingerprint density at radius 3 is 1.49 bits per heavy atom. The van der Waals surface area contributed by atoms with Gasteiger partial charge in [0.2, 0.25) is 0 Å². The molecule has 1 aliphatic rings. The molecule has 0 radical (unpaired) electrons. The summed E-state index contributed by atoms with van der Waals surface area (Å²) in [6.07, 6.45) is 2.00. The van der Waals surface area contributed by atoms with E-state index in [1.165, 1.54) is 22.3 Å². The van der Waals surface area contributed by atoms with Gasteiger partial charge in [-0.1, -0.05) is 247 Å². The number of benzene rings is 13. The number of ether oxygens (including phenoxy) is 1. The van der Waals surface area contributed by atoms with Crippen molar-refractivity contribution in [2.24, 2.45) is 0 Å². The van der Waals surface area contributed by atoms with Crippen LogP contribution < -0.4 is 14.5 Å². The fraction of sp³-hybridized carbons (Fsp3) is 0.116. The van der Waals surface area contributed by atoms with E-state index in [0.717, 1.165) is 150 Å². The second kappa shape index (κ2) is 26.7. The van der Waals surface area contributed by atoms with E-state index in [4.69, 9.17) is 14.1 Å². The van der Waals surface area contributed by atoms with Gasteiger partial charge in [0.1, 0.15) is 17.0 Å². The van der Waals surface area contributed by atoms with Gasteiger partial charge in [-0.05, 0) is 186 Å². The minimum absolute atomic E-state index is 0. The first-order valence-corrected chi connectivity index (χ1v) is 35.1. The fourth-order valence-corrected chi connectivity index (χ4v) is 15.3. The Morgan fingerprint density at radius 1 is 0.441 bits per heavy atom. The molecule has 1 aliphatic heterocycles. The number of nitrogens with zero attached hydrogens (tertiary/aromatic N) is 4. The molecule has 6 nitrogen and oxygen atoms in total. The molecule has 4 heterocycles. The Bertz CT molecular complexity index is 5560. The van der Waals surface area contributed by atoms with E-state index in [-0.39, 0.29) is 38.3 Å². The van der Waals surface area contributed by atoms with E-state index < -0.39 is 0 Å². The molecule has 0 saturated heterocycles. The molecule has 0 bridgehead atoms. The summed E-state index contributed by atoms with van der Waals surface area (Å²) in [5, 5.41) is 4.11. The molecule has 0 saturated carbocycles. The predicted octanol–water partition coefficient (Wildman–Crippen LogP) is 26.4. The van der Waals surface area contributed by atoms with Crippen LogP contribution in [0.5, 0.6) is 11.5 Å². The van der Waals surface area contributed by atoms with E-state index >= 15 is 0 Å². The summed E-state index contributed by atoms with van der Waals surface area (Å²) in [6, 6.07) is 111. The molecule has 16 aromatic rings. The molecule has 0 amide bonds. The van der Waals surface area contributed by atoms with Crippen molar-refractivity contribution in [1.82, 2.24) is 9.55 Å². The number of hydrogen-bond donors (Lipinski definition) is 0. The van der Waals surface area contributed by atoms with Crippen LogP contribution in [-0.4, -0.2) is 9.55 Å². The van der Waals surface area contributed by atoms with Gasteiger partial charge in [-0.25, -0.2) is 4.98 Å². The van der Waals surface area contributed by atoms with Crippen LogP contribution in [0, 0.1) is 25.7 Å². The third kappa shape index (κ3) is 11.9. The van der Waals surface area contributed by atoms with Crippen molar-refractivity contribution in [3.8, 4) is 95.2 Å². The first kappa shape index (κ1) is 65.3. The summed E-state index contributed by atoms with van der Waals surface area (Å²) in [5.74, 6) is 2.33. The maximum atomic E-state index is 7.39. The van der Waals surface area contributed by atoms with E-state index in [0.29, 0.717) is 11.5 Å². The van der Waals surface area contributed by atoms with Crippen molar-refractivity contribution < 1.29 is 30.2 Å². The standard InChI is InChI=1S/C95H75N4O2.Pt/c1-60(2)77-36-25-37-78(61(3)4)91(77)73-53-74(55-76(54-73)100-75-43-44-83-88(56-75)99(90-57-84(95(6,7)8)62(5)58-96-90)87-46-45-82-81-35-21-24-42-89(81)101-94(82)92(83)87)97-59-98(86-41-23-22-40-85(86)97)93-79(71-49-67(63-27-13-9-14-28-63)47-68(50-71)64-29-15-10-16-30-64)38-26-39-80(93)72-51-69(65-31-17-11-18-32-65)48-70(52-72)66-33-19-12-20-34-66;/h9-54,57-61H,1-8H3;/q-3;. The van der Waals surface area contributed by atoms with Crippen molar-refractivity contribution in [3.63, 3.8) is 0 Å². The smallest absolute Gasteiger partial charge is 0.135 e. The molecular formula is C95H75N4O2Pt-3. The summed E-state index contributed by atoms with van der Waals surface area (Å²) in [7, 11) is 0. The Hall–Kier alpha value is -11.3. The zero-order chi connectivity index (χ0) is 68.6. The number of aromatic nitrogens is 2. The largest absolute Gasteiger partial charge is 0.509 e. The molecule has 102 heavy (non-hydrogen) atoms. The molecule has 13 aromatic carbocycles. The predicted molar refractivity (Wildman–Crippen MR) is 421 cm³/mol. The maximum Gasteiger partial charge on any atom is 0.135 e. The third-order valence-corrected chi connectivity index (χ3v) is 20.1. The normalized spacial score (nSPS) is 12.3. The molecule has 0 spiro atoms. The molecule has 0 N–H and O–H groups in total. The zero-order valence-corrected chi connectivity index (χ0v) is 60.6. The number of fused-ring (bicyclic) bond motifs is 8. The van der Waals surface area contributed by atoms with Gasteiger partial charge in [0.15, 0.2) is 0 Å². The average molecular weight is 1500 g/mol. The fourth-order valence-electron chi connectivity index (χ4n) is 15.3. The molecule has 0 atom stereocenters. The van der Waals surface area contributed by atoms with E-state index in [1.54, 1.807) is 0 Å². The quantitative estimate of drug-likeness (QED) is 0.102. The van der Waals surface area contributed by atoms with Crippen molar-refractivity contribution in [2.75, 3.05) is 9.80 Å². The van der Waals surface area contributed by atoms with Gasteiger partial charge in [0.05, 0.1) is 0 Å². The Labute approximate surface area is 612 Å². The third-order valence-electron chi connectivity index (χ3n) is 20.1. The van der Waals surface area contributed by atoms with Crippen molar-refractivity contribution in [2.45, 2.75) is 72.6 Å². The molecule has 17 rings (SSSR count). The molecule has 3 aromatic heterocycles. The number of anilines is 4. The van der Waals surface area contributed by atoms with Gasteiger partial charge in [-0.15, -0.1) is 48.3 Å². The Balaban J connectivity index is 0.00000805. The Kier molecular flexibility index (Phi) is 17.1. The molecule has 0 fully saturated rings. The van der Waals surface area contributed by atoms with Crippen LogP contribution in [0.3, 0.4) is 0 Å². The van der Waals surface area contributed by atoms with Crippen LogP contribution in [0.2, 0.25) is 0 Å². The minimum atomic E-state index is -0.134. The number of pyridine rings is 1. The van der Waals surface area contributed by atoms with Crippen LogP contribution in [-0.2, 0) is 26.5 Å². The number of furan rings is 1. The van der Waals surface area contributed by atoms with E-state index in [9.17, 15) is 0 Å². The van der Waals surface area contributed by atoms with Gasteiger partial charge >= 0.3 is 0 Å². The summed E-state index contributed by atoms with van der Waals surface area (Å²) < 4.78 is 16.4. The van der Waals surface area contributed by atoms with Gasteiger partial charge in [0, 0.05) is 83.2 Å². The van der Waals surface area contributed by atoms with Gasteiger partial charge < -0.3 is 23.5 Å². The molecule has 7 heteroatoms. The van der Waals surface area contributed by atoms with Crippen molar-refractivity contribution in [1.29, 1.82) is 0 Å². The minimum Gasteiger partial charge on any atom is -0.509 e. The van der Waals surface area contributed by atoms with E-state index in [2.05, 4.69) is 355 Å². The number of hydrogen-bond acceptors (Lipinski definition) is 5. The van der Waals surface area contributed by atoms with Gasteiger partial charge in [0.25, 0.3) is 0 Å². The van der Waals surface area contributed by atoms with E-state index in [1.807, 2.05) is 24.4 Å². The monoisotopic (exact) mass is 1500 g/mol. The van der Waals surface area contributed by atoms with Crippen LogP contribution in [0.4, 0.5) is 22.7 Å². The number of para-hydroxylation sites is 4. The number of rotatable bonds is 14. The summed E-state index contributed by atoms with van der Waals surface area (Å²) >= 11 is 0. The van der Waals surface area contributed by atoms with Crippen LogP contribution in [0.25, 0.3) is 127 Å². The zero-order valence-electron chi connectivity index (χ0n) is 58.4. The molecule has 0 unspecified atom stereocenters. The average Bonchev–Trinajstić information content (AvgIpc) is 1.55. The van der Waals surface area contributed by atoms with Gasteiger partial charge in [-0.2, -0.15) is 6.07 Å². The Morgan fingerprint density at radius 2 is 0.941 bits per heavy atom. The second-order valence-electron chi connectivity index (χ2n) is 28.4. The SMILES string of the molecule is Cc1cnc(-n2c3[c-]c(Oc4[c-]c(N5[CH-]N(c6c(-c7cc(-c8ccccc8)cc(-c8ccccc8)c7)cccc6-c6cc(-c7ccccc7)cc(-c7ccccc7)c6)c6ccccc65)cc(-c5c(C(C)C)cccc5C(C)C)c4)ccc3c3c4oc5ccccc5c4ccc32)cc1C(C)(C)C.[Pt]. The second-order valence-corrected chi connectivity index (χ2v) is 28.4. The van der Waals surface area contributed by atoms with Crippen molar-refractivity contribution >= 4 is 66.5 Å². The van der Waals surface area contributed by atoms with Crippen molar-refractivity contribution in [3.05, 3.63) is 332 Å². The molecule has 0 aliphatic carbocycles. The topological polar surface area (TPSA) is 46.7 Å². The van der Waals surface area contributed by atoms with Gasteiger partial charge in [-0.3, -0.25) is 0 Å². The molecule has 500 valence electrons. The summed E-state index contributed by atoms with van der Waals surface area (Å²) in [5.41, 5.74) is 27.8. The van der Waals surface area contributed by atoms with Crippen LogP contribution in [0.15, 0.2) is 296 Å². The first-order chi connectivity index (χ1) is 49.3. The molecular weight excluding hydrogens is 1420 g/mol.